The van der Waals surface area contributed by atoms with Crippen LogP contribution in [0.15, 0.2) is 11.2 Å². The molecule has 12 heteroatoms. The van der Waals surface area contributed by atoms with Gasteiger partial charge in [-0.25, -0.2) is 23.4 Å². The molecule has 1 heterocycles. The van der Waals surface area contributed by atoms with Gasteiger partial charge in [0.05, 0.1) is 6.20 Å². The Morgan fingerprint density at radius 3 is 2.59 bits per heavy atom. The van der Waals surface area contributed by atoms with Gasteiger partial charge >= 0.3 is 0 Å². The Hall–Kier alpha value is -2.24. The van der Waals surface area contributed by atoms with E-state index < -0.39 is 43.6 Å². The highest BCUT2D eigenvalue weighted by Crippen LogP contribution is 2.21. The van der Waals surface area contributed by atoms with Gasteiger partial charge in [0.15, 0.2) is 0 Å². The summed E-state index contributed by atoms with van der Waals surface area (Å²) in [5.74, 6) is 3.56. The second-order valence-corrected chi connectivity index (χ2v) is 3.98. The third kappa shape index (κ3) is 4.95. The molecule has 0 aliphatic rings. The van der Waals surface area contributed by atoms with Crippen LogP contribution in [0.5, 0.6) is 0 Å². The first-order chi connectivity index (χ1) is 10.4. The fourth-order valence-corrected chi connectivity index (χ4v) is 1.62. The first-order valence-corrected chi connectivity index (χ1v) is 5.91. The number of rotatable bonds is 8. The van der Waals surface area contributed by atoms with Crippen molar-refractivity contribution >= 4 is 17.9 Å². The highest BCUT2D eigenvalue weighted by atomic mass is 19.3. The predicted octanol–water partition coefficient (Wildman–Crippen LogP) is 0.914. The number of carbonyl (C=O) groups excluding carboxylic acids is 1. The number of nitrogens with zero attached hydrogens (tertiary/aromatic N) is 3. The number of nitrogens with one attached hydrogen (secondary N) is 2. The van der Waals surface area contributed by atoms with Crippen molar-refractivity contribution in [2.75, 3.05) is 11.9 Å². The van der Waals surface area contributed by atoms with Gasteiger partial charge in [-0.15, -0.1) is 5.10 Å². The molecule has 1 rings (SSSR count). The van der Waals surface area contributed by atoms with Gasteiger partial charge in [0.25, 0.3) is 12.4 Å². The first kappa shape index (κ1) is 17.8. The molecule has 22 heavy (non-hydrogen) atoms. The van der Waals surface area contributed by atoms with Gasteiger partial charge in [-0.1, -0.05) is 0 Å². The minimum absolute atomic E-state index is 0.166. The van der Waals surface area contributed by atoms with Gasteiger partial charge in [0.1, 0.15) is 24.1 Å². The maximum absolute atomic E-state index is 13.4. The molecule has 0 fully saturated rings. The van der Waals surface area contributed by atoms with Crippen LogP contribution in [-0.4, -0.2) is 41.4 Å². The number of anilines is 1. The van der Waals surface area contributed by atoms with E-state index in [1.54, 1.807) is 0 Å². The van der Waals surface area contributed by atoms with E-state index >= 15 is 0 Å². The minimum Gasteiger partial charge on any atom is -0.324 e. The van der Waals surface area contributed by atoms with Crippen LogP contribution in [0.4, 0.5) is 27.6 Å². The highest BCUT2D eigenvalue weighted by Gasteiger charge is 2.25. The third-order valence-corrected chi connectivity index (χ3v) is 2.49. The summed E-state index contributed by atoms with van der Waals surface area (Å²) in [6.07, 6.45) is -5.47. The molecule has 0 saturated carbocycles. The molecule has 0 aliphatic heterocycles. The number of hydrogen-bond donors (Lipinski definition) is 3. The summed E-state index contributed by atoms with van der Waals surface area (Å²) in [6.45, 7) is -0.970. The molecule has 0 aromatic carbocycles. The topological polar surface area (TPSA) is 97.3 Å². The van der Waals surface area contributed by atoms with Gasteiger partial charge < -0.3 is 10.7 Å². The molecule has 1 aromatic heterocycles. The van der Waals surface area contributed by atoms with Gasteiger partial charge in [0.2, 0.25) is 12.8 Å². The zero-order valence-electron chi connectivity index (χ0n) is 11.0. The van der Waals surface area contributed by atoms with E-state index in [1.807, 2.05) is 10.7 Å². The predicted molar refractivity (Wildman–Crippen MR) is 67.2 cm³/mol. The van der Waals surface area contributed by atoms with E-state index in [-0.39, 0.29) is 12.1 Å². The van der Waals surface area contributed by atoms with Crippen LogP contribution in [0.25, 0.3) is 0 Å². The van der Waals surface area contributed by atoms with E-state index in [4.69, 9.17) is 5.84 Å². The molecule has 0 radical (unpaired) electrons. The van der Waals surface area contributed by atoms with Crippen molar-refractivity contribution in [3.63, 3.8) is 0 Å². The summed E-state index contributed by atoms with van der Waals surface area (Å²) in [5.41, 5.74) is 1.57. The average Bonchev–Trinajstić information content (AvgIpc) is 2.79. The Labute approximate surface area is 121 Å². The molecule has 7 nitrogen and oxygen atoms in total. The minimum atomic E-state index is -2.86. The molecule has 124 valence electrons. The largest absolute Gasteiger partial charge is 0.324 e. The first-order valence-electron chi connectivity index (χ1n) is 5.91. The molecule has 1 atom stereocenters. The molecule has 1 amide bonds. The lowest BCUT2D eigenvalue weighted by molar-refractivity contribution is -0.105. The second kappa shape index (κ2) is 8.26. The van der Waals surface area contributed by atoms with E-state index in [9.17, 15) is 26.7 Å². The third-order valence-electron chi connectivity index (χ3n) is 2.49. The van der Waals surface area contributed by atoms with Crippen molar-refractivity contribution in [3.8, 4) is 0 Å². The van der Waals surface area contributed by atoms with Gasteiger partial charge in [-0.2, -0.15) is 4.39 Å². The fourth-order valence-electron chi connectivity index (χ4n) is 1.62. The molecular formula is C10H13F5N6O. The molecule has 0 bridgehead atoms. The van der Waals surface area contributed by atoms with E-state index in [0.717, 1.165) is 10.9 Å². The molecule has 0 saturated heterocycles. The Morgan fingerprint density at radius 1 is 1.41 bits per heavy atom. The van der Waals surface area contributed by atoms with Crippen LogP contribution < -0.4 is 16.6 Å². The molecule has 0 aliphatic carbocycles. The highest BCUT2D eigenvalue weighted by molar-refractivity contribution is 5.85. The normalized spacial score (nSPS) is 13.5. The van der Waals surface area contributed by atoms with Crippen LogP contribution in [-0.2, 0) is 4.79 Å². The number of carbonyl (C=O) groups is 1. The van der Waals surface area contributed by atoms with Crippen LogP contribution in [0.2, 0.25) is 0 Å². The number of alkyl halides is 4. The second-order valence-electron chi connectivity index (χ2n) is 3.98. The lowest BCUT2D eigenvalue weighted by Gasteiger charge is -2.19. The summed E-state index contributed by atoms with van der Waals surface area (Å²) in [4.78, 5) is 13.7. The number of nitrogens with two attached hydrogens (primary N) is 1. The Bertz CT molecular complexity index is 520. The van der Waals surface area contributed by atoms with Gasteiger partial charge in [0, 0.05) is 6.42 Å². The summed E-state index contributed by atoms with van der Waals surface area (Å²) in [7, 11) is 0. The number of amides is 1. The number of halogens is 5. The van der Waals surface area contributed by atoms with E-state index in [0.29, 0.717) is 0 Å². The van der Waals surface area contributed by atoms with Crippen molar-refractivity contribution in [1.82, 2.24) is 15.2 Å². The van der Waals surface area contributed by atoms with E-state index in [2.05, 4.69) is 10.1 Å². The summed E-state index contributed by atoms with van der Waals surface area (Å²) < 4.78 is 63.8. The Morgan fingerprint density at radius 2 is 2.09 bits per heavy atom. The van der Waals surface area contributed by atoms with Crippen molar-refractivity contribution in [2.24, 2.45) is 10.8 Å². The molecule has 4 N–H and O–H groups in total. The standard InChI is InChI=1S/C10H13F5N6O/c11-7(12)1-6(10(19-16)17-2-8(13)14)21-3-5(18-4-22)9(15)20-21/h3-4,6-8H,1-2,16H2,(H,17,19)(H,18,22). The summed E-state index contributed by atoms with van der Waals surface area (Å²) in [6, 6.07) is -1.40. The van der Waals surface area contributed by atoms with Crippen LogP contribution >= 0.6 is 0 Å². The lowest BCUT2D eigenvalue weighted by atomic mass is 10.2. The van der Waals surface area contributed by atoms with Crippen molar-refractivity contribution in [3.05, 3.63) is 12.1 Å². The lowest BCUT2D eigenvalue weighted by Crippen LogP contribution is -2.39. The van der Waals surface area contributed by atoms with Crippen LogP contribution in [0.3, 0.4) is 0 Å². The summed E-state index contributed by atoms with van der Waals surface area (Å²) in [5, 5.41) is 5.28. The zero-order chi connectivity index (χ0) is 16.7. The number of amidine groups is 1. The number of aliphatic imine (C=N–C) groups is 1. The maximum Gasteiger partial charge on any atom is 0.257 e. The van der Waals surface area contributed by atoms with Crippen LogP contribution in [0.1, 0.15) is 12.5 Å². The molecule has 1 unspecified atom stereocenters. The molecule has 1 aromatic rings. The fraction of sp³-hybridized carbons (Fsp3) is 0.500. The average molecular weight is 328 g/mol. The molecule has 0 spiro atoms. The van der Waals surface area contributed by atoms with Crippen molar-refractivity contribution in [1.29, 1.82) is 0 Å². The smallest absolute Gasteiger partial charge is 0.257 e. The Kier molecular flexibility index (Phi) is 6.69. The number of hydrazine groups is 1. The quantitative estimate of drug-likeness (QED) is 0.165. The zero-order valence-corrected chi connectivity index (χ0v) is 11.0. The maximum atomic E-state index is 13.4. The molecular weight excluding hydrogens is 315 g/mol. The van der Waals surface area contributed by atoms with E-state index in [1.165, 1.54) is 0 Å². The van der Waals surface area contributed by atoms with Crippen molar-refractivity contribution in [2.45, 2.75) is 25.3 Å². The van der Waals surface area contributed by atoms with Gasteiger partial charge in [-0.05, 0) is 0 Å². The number of hydrogen-bond acceptors (Lipinski definition) is 4. The number of aromatic nitrogens is 2. The SMILES string of the molecule is NNC(=NCC(F)F)C(CC(F)F)n1cc(NC=O)c(F)n1. The monoisotopic (exact) mass is 328 g/mol. The van der Waals surface area contributed by atoms with Crippen molar-refractivity contribution < 1.29 is 26.7 Å². The van der Waals surface area contributed by atoms with Gasteiger partial charge in [-0.3, -0.25) is 14.5 Å². The Balaban J connectivity index is 3.12. The summed E-state index contributed by atoms with van der Waals surface area (Å²) >= 11 is 0. The van der Waals surface area contributed by atoms with Crippen LogP contribution in [0, 0.1) is 5.95 Å².